The first-order chi connectivity index (χ1) is 65.5. The number of carboxylic acids is 4. The van der Waals surface area contributed by atoms with Crippen molar-refractivity contribution in [1.29, 1.82) is 0 Å². The van der Waals surface area contributed by atoms with Gasteiger partial charge in [0.15, 0.2) is 0 Å². The Balaban J connectivity index is 0. The van der Waals surface area contributed by atoms with Gasteiger partial charge in [-0.05, 0) is 189 Å². The van der Waals surface area contributed by atoms with E-state index in [2.05, 4.69) is 249 Å². The van der Waals surface area contributed by atoms with E-state index < -0.39 is 52.4 Å². The number of ether oxygens (including phenoxy) is 3. The van der Waals surface area contributed by atoms with Crippen molar-refractivity contribution in [3.63, 3.8) is 0 Å². The van der Waals surface area contributed by atoms with Gasteiger partial charge in [-0.15, -0.1) is 0 Å². The summed E-state index contributed by atoms with van der Waals surface area (Å²) in [5, 5.41) is 68.4. The molecule has 19 N–H and O–H groups in total. The molecule has 0 saturated carbocycles. The molecule has 750 valence electrons. The molecule has 0 bridgehead atoms. The van der Waals surface area contributed by atoms with Crippen LogP contribution in [0, 0.1) is 48.5 Å². The third-order valence-corrected chi connectivity index (χ3v) is 20.0. The van der Waals surface area contributed by atoms with E-state index in [1.165, 1.54) is 164 Å². The number of hydrogen-bond donors (Lipinski definition) is 20. The standard InChI is InChI=1S/2C16H15NO2.C8H8O2.3C8H10.2C7H6O3.2C6H12N2O2S.C5H9NO3S.C4H8O.2CH5N.H2O4S/c2*1-17-16(18)19-10-15-13-8-4-2-6-11(13)12-7-3-5-9-14(12)15;1-6-4-2-3-5-7(6)8(9)10;3*1-7-5-3-4-6-8(7)2;2*8-6-4-2-1-3-5(6)7(9)10;2*1-4(9)8-5(3-11)6(10)7-2;1-3(7)6-4(2-10)5(8)9;1-2-4-5-3-1;2*1-2;1-5(2,3)4/h2*2-9,15H,10H2,1H3,(H,17,18);2-5H,1H3,(H,9,10);3*3-6H,1-2H3;2*1-4,8H,(H,9,10);2*5,11H,3H2,1-2H3,(H,7,10)(H,8,9);4,10H,2H2,1H3,(H,6,7)(H,8,9);1-4H2;2*2H2,1H3;(H2,1,2,3,4). The Kier molecular flexibility index (Phi) is 66.6. The molecule has 1 saturated heterocycles. The second kappa shape index (κ2) is 72.7. The van der Waals surface area contributed by atoms with E-state index in [1.54, 1.807) is 63.5 Å². The molecule has 2 aliphatic carbocycles. The van der Waals surface area contributed by atoms with Gasteiger partial charge in [-0.25, -0.2) is 28.8 Å². The van der Waals surface area contributed by atoms with Crippen LogP contribution in [0.15, 0.2) is 243 Å². The monoisotopic (exact) mass is 1980 g/mol. The molecule has 13 rings (SSSR count). The number of benzene rings is 10. The van der Waals surface area contributed by atoms with Crippen molar-refractivity contribution in [2.24, 2.45) is 11.5 Å². The summed E-state index contributed by atoms with van der Waals surface area (Å²) in [4.78, 5) is 117. The SMILES string of the molecule is C1CCOC1.CC(=O)NC(CS)C(=O)O.CN.CN.CNC(=O)C(CS)NC(C)=O.CNC(=O)C(CS)NC(C)=O.CNC(=O)OCC1c2ccccc2-c2ccccc21.CNC(=O)OCC1c2ccccc2-c2ccccc21.Cc1ccccc1C.Cc1ccccc1C.Cc1ccccc1C.Cc1ccccc1C(=O)O.O=C(O)c1ccccc1O.O=C(O)c1ccccc1O.O=S(=O)(O)O. The number of nitrogens with two attached hydrogens (primary N) is 2. The van der Waals surface area contributed by atoms with Gasteiger partial charge in [0.05, 0.1) is 5.56 Å². The average Bonchev–Trinajstić information content (AvgIpc) is 1.62. The zero-order valence-corrected chi connectivity index (χ0v) is 83.9. The number of rotatable bonds is 16. The van der Waals surface area contributed by atoms with Crippen LogP contribution in [0.5, 0.6) is 11.5 Å². The van der Waals surface area contributed by atoms with Gasteiger partial charge in [-0.1, -0.05) is 212 Å². The Hall–Kier alpha value is -13.6. The summed E-state index contributed by atoms with van der Waals surface area (Å²) in [6.45, 7) is 21.2. The van der Waals surface area contributed by atoms with Gasteiger partial charge < -0.3 is 93.5 Å². The first kappa shape index (κ1) is 126. The topological polar surface area (TPSA) is 548 Å². The number of carbonyl (C=O) groups is 11. The molecule has 1 heterocycles. The van der Waals surface area contributed by atoms with Gasteiger partial charge in [0, 0.05) is 91.3 Å². The predicted molar refractivity (Wildman–Crippen MR) is 549 cm³/mol. The first-order valence-electron chi connectivity index (χ1n) is 42.7. The van der Waals surface area contributed by atoms with Crippen molar-refractivity contribution in [3.8, 4) is 33.8 Å². The van der Waals surface area contributed by atoms with Gasteiger partial charge in [-0.2, -0.15) is 46.3 Å². The van der Waals surface area contributed by atoms with E-state index in [0.29, 0.717) is 30.3 Å². The third kappa shape index (κ3) is 52.5. The maximum atomic E-state index is 11.3. The van der Waals surface area contributed by atoms with Gasteiger partial charge >= 0.3 is 46.5 Å². The summed E-state index contributed by atoms with van der Waals surface area (Å²) >= 11 is 11.5. The van der Waals surface area contributed by atoms with Gasteiger partial charge in [0.25, 0.3) is 0 Å². The molecule has 10 aromatic rings. The minimum Gasteiger partial charge on any atom is -0.507 e. The molecule has 3 atom stereocenters. The van der Waals surface area contributed by atoms with Crippen LogP contribution < -0.4 is 48.7 Å². The lowest BCUT2D eigenvalue weighted by Gasteiger charge is -2.13. The van der Waals surface area contributed by atoms with Crippen LogP contribution in [-0.4, -0.2) is 218 Å². The Labute approximate surface area is 824 Å². The molecule has 10 aromatic carbocycles. The van der Waals surface area contributed by atoms with Gasteiger partial charge in [0.1, 0.15) is 54.0 Å². The van der Waals surface area contributed by atoms with E-state index >= 15 is 0 Å². The van der Waals surface area contributed by atoms with E-state index in [1.807, 2.05) is 54.6 Å². The average molecular weight is 1990 g/mol. The molecule has 3 aliphatic rings. The second-order valence-electron chi connectivity index (χ2n) is 28.8. The quantitative estimate of drug-likeness (QED) is 0.0315. The number of carbonyl (C=O) groups excluding carboxylic acids is 7. The second-order valence-corrected chi connectivity index (χ2v) is 30.8. The lowest BCUT2D eigenvalue weighted by atomic mass is 9.98. The van der Waals surface area contributed by atoms with Crippen molar-refractivity contribution < 1.29 is 115 Å². The molecule has 0 spiro atoms. The van der Waals surface area contributed by atoms with Crippen LogP contribution >= 0.6 is 37.9 Å². The zero-order chi connectivity index (χ0) is 105. The number of hydrogen-bond acceptors (Lipinski definition) is 23. The number of fused-ring (bicyclic) bond motifs is 6. The van der Waals surface area contributed by atoms with E-state index in [9.17, 15) is 52.7 Å². The molecular formula is C101H133N9O24S4. The number of likely N-dealkylation sites (N-methyl/N-ethyl adjacent to an activating group) is 2. The number of para-hydroxylation sites is 2. The van der Waals surface area contributed by atoms with Crippen LogP contribution in [0.3, 0.4) is 0 Å². The number of phenols is 2. The molecule has 0 aromatic heterocycles. The number of alkyl carbamates (subject to hydrolysis) is 2. The Morgan fingerprint density at radius 3 is 0.739 bits per heavy atom. The highest BCUT2D eigenvalue weighted by Gasteiger charge is 2.31. The fourth-order valence-electron chi connectivity index (χ4n) is 11.6. The van der Waals surface area contributed by atoms with Crippen LogP contribution in [-0.2, 0) is 53.4 Å². The normalized spacial score (nSPS) is 11.3. The number of aromatic carboxylic acids is 3. The molecule has 3 unspecified atom stereocenters. The van der Waals surface area contributed by atoms with Gasteiger partial charge in [-0.3, -0.25) is 33.1 Å². The first-order valence-corrected chi connectivity index (χ1v) is 45.9. The molecule has 1 fully saturated rings. The number of aliphatic carboxylic acids is 1. The molecule has 37 heteroatoms. The molecule has 0 radical (unpaired) electrons. The van der Waals surface area contributed by atoms with Crippen LogP contribution in [0.2, 0.25) is 0 Å². The minimum atomic E-state index is -4.67. The third-order valence-electron chi connectivity index (χ3n) is 18.9. The lowest BCUT2D eigenvalue weighted by molar-refractivity contribution is -0.140. The summed E-state index contributed by atoms with van der Waals surface area (Å²) in [7, 11) is 4.50. The fourth-order valence-corrected chi connectivity index (χ4v) is 12.4. The number of amides is 7. The largest absolute Gasteiger partial charge is 0.507 e. The van der Waals surface area contributed by atoms with Crippen molar-refractivity contribution >= 4 is 114 Å². The fraction of sp³-hybridized carbons (Fsp3) is 0.297. The number of aryl methyl sites for hydroxylation is 7. The highest BCUT2D eigenvalue weighted by Crippen LogP contribution is 2.46. The predicted octanol–water partition coefficient (Wildman–Crippen LogP) is 14.2. The zero-order valence-electron chi connectivity index (χ0n) is 80.4. The van der Waals surface area contributed by atoms with E-state index in [0.717, 1.165) is 18.8 Å². The van der Waals surface area contributed by atoms with Crippen molar-refractivity contribution in [2.45, 2.75) is 112 Å². The summed E-state index contributed by atoms with van der Waals surface area (Å²) in [5.41, 5.74) is 28.1. The van der Waals surface area contributed by atoms with Crippen LogP contribution in [0.25, 0.3) is 22.3 Å². The maximum Gasteiger partial charge on any atom is 0.406 e. The number of carboxylic acid groups (broad SMARTS) is 4. The van der Waals surface area contributed by atoms with Crippen molar-refractivity contribution in [2.75, 3.05) is 86.0 Å². The summed E-state index contributed by atoms with van der Waals surface area (Å²) in [6.07, 6.45) is 1.78. The summed E-state index contributed by atoms with van der Waals surface area (Å²) in [6, 6.07) is 74.8. The summed E-state index contributed by atoms with van der Waals surface area (Å²) in [5.74, 6) is -4.85. The Morgan fingerprint density at radius 1 is 0.355 bits per heavy atom. The molecule has 7 amide bonds. The molecule has 33 nitrogen and oxygen atoms in total. The number of nitrogens with one attached hydrogen (secondary N) is 7. The van der Waals surface area contributed by atoms with Crippen LogP contribution in [0.1, 0.15) is 138 Å². The number of thiol groups is 3. The van der Waals surface area contributed by atoms with Crippen LogP contribution in [0.4, 0.5) is 9.59 Å². The van der Waals surface area contributed by atoms with Crippen molar-refractivity contribution in [1.82, 2.24) is 37.2 Å². The van der Waals surface area contributed by atoms with Crippen molar-refractivity contribution in [3.05, 3.63) is 321 Å². The highest BCUT2D eigenvalue weighted by atomic mass is 32.3. The maximum absolute atomic E-state index is 11.3. The molecule has 1 aliphatic heterocycles. The van der Waals surface area contributed by atoms with E-state index in [4.69, 9.17) is 62.4 Å². The number of aromatic hydroxyl groups is 2. The smallest absolute Gasteiger partial charge is 0.406 e. The molecular weight excluding hydrogens is 1850 g/mol. The Morgan fingerprint density at radius 2 is 0.572 bits per heavy atom. The van der Waals surface area contributed by atoms with E-state index in [-0.39, 0.29) is 81.9 Å². The highest BCUT2D eigenvalue weighted by molar-refractivity contribution is 7.80. The van der Waals surface area contributed by atoms with Gasteiger partial charge in [0.2, 0.25) is 29.5 Å². The minimum absolute atomic E-state index is 0.0671. The lowest BCUT2D eigenvalue weighted by Crippen LogP contribution is -2.46. The summed E-state index contributed by atoms with van der Waals surface area (Å²) < 4.78 is 47.0. The Bertz CT molecular complexity index is 4950. The molecule has 138 heavy (non-hydrogen) atoms.